The second-order valence-electron chi connectivity index (χ2n) is 4.89. The van der Waals surface area contributed by atoms with E-state index in [1.165, 1.54) is 11.8 Å². The second kappa shape index (κ2) is 7.54. The molecule has 0 unspecified atom stereocenters. The van der Waals surface area contributed by atoms with Crippen LogP contribution in [0.1, 0.15) is 20.3 Å². The molecule has 1 aliphatic heterocycles. The van der Waals surface area contributed by atoms with E-state index in [1.807, 2.05) is 18.7 Å². The molecule has 1 atom stereocenters. The van der Waals surface area contributed by atoms with Crippen LogP contribution in [0.3, 0.4) is 0 Å². The number of nitrogens with zero attached hydrogens (tertiary/aromatic N) is 2. The van der Waals surface area contributed by atoms with Crippen LogP contribution in [0.5, 0.6) is 0 Å². The number of halogens is 2. The number of aliphatic imine (C=N–C) groups is 1. The van der Waals surface area contributed by atoms with Gasteiger partial charge in [-0.25, -0.2) is 8.78 Å². The standard InChI is InChI=1S/C15H17F2N3O2S/c1-3-20(4-2)15-19-14(22)12(23-15)8-13(21)18-11-6-5-9(16)7-10(11)17/h5-7,12H,3-4,8H2,1-2H3,(H,18,21)/t12-/m0/s1. The van der Waals surface area contributed by atoms with Crippen molar-refractivity contribution in [3.63, 3.8) is 0 Å². The van der Waals surface area contributed by atoms with E-state index >= 15 is 0 Å². The molecule has 5 nitrogen and oxygen atoms in total. The third-order valence-electron chi connectivity index (χ3n) is 3.34. The summed E-state index contributed by atoms with van der Waals surface area (Å²) in [4.78, 5) is 29.7. The van der Waals surface area contributed by atoms with E-state index in [2.05, 4.69) is 10.3 Å². The minimum Gasteiger partial charge on any atom is -0.352 e. The van der Waals surface area contributed by atoms with Gasteiger partial charge < -0.3 is 10.2 Å². The smallest absolute Gasteiger partial charge is 0.262 e. The Kier molecular flexibility index (Phi) is 5.70. The highest BCUT2D eigenvalue weighted by Gasteiger charge is 2.32. The Bertz CT molecular complexity index is 648. The topological polar surface area (TPSA) is 61.8 Å². The van der Waals surface area contributed by atoms with Gasteiger partial charge in [-0.3, -0.25) is 9.59 Å². The first-order chi connectivity index (χ1) is 10.9. The van der Waals surface area contributed by atoms with Gasteiger partial charge in [0.2, 0.25) is 5.91 Å². The highest BCUT2D eigenvalue weighted by atomic mass is 32.2. The molecule has 8 heteroatoms. The van der Waals surface area contributed by atoms with E-state index in [0.717, 1.165) is 25.2 Å². The summed E-state index contributed by atoms with van der Waals surface area (Å²) in [5.41, 5.74) is -0.114. The van der Waals surface area contributed by atoms with E-state index < -0.39 is 22.8 Å². The maximum Gasteiger partial charge on any atom is 0.262 e. The first-order valence-electron chi connectivity index (χ1n) is 7.23. The molecule has 0 saturated heterocycles. The zero-order valence-electron chi connectivity index (χ0n) is 12.8. The fraction of sp³-hybridized carbons (Fsp3) is 0.400. The number of thioether (sulfide) groups is 1. The van der Waals surface area contributed by atoms with Crippen LogP contribution in [0.2, 0.25) is 0 Å². The maximum absolute atomic E-state index is 13.5. The molecular weight excluding hydrogens is 324 g/mol. The molecule has 1 N–H and O–H groups in total. The third-order valence-corrected chi connectivity index (χ3v) is 4.55. The van der Waals surface area contributed by atoms with Crippen molar-refractivity contribution in [2.75, 3.05) is 18.4 Å². The van der Waals surface area contributed by atoms with Crippen LogP contribution in [-0.4, -0.2) is 40.2 Å². The fourth-order valence-corrected chi connectivity index (χ4v) is 3.29. The molecule has 1 heterocycles. The van der Waals surface area contributed by atoms with Gasteiger partial charge in [0, 0.05) is 25.6 Å². The highest BCUT2D eigenvalue weighted by Crippen LogP contribution is 2.27. The highest BCUT2D eigenvalue weighted by molar-refractivity contribution is 8.15. The molecule has 0 saturated carbocycles. The first kappa shape index (κ1) is 17.4. The molecule has 0 fully saturated rings. The van der Waals surface area contributed by atoms with Gasteiger partial charge in [-0.2, -0.15) is 4.99 Å². The molecule has 0 spiro atoms. The molecule has 2 amide bonds. The third kappa shape index (κ3) is 4.28. The summed E-state index contributed by atoms with van der Waals surface area (Å²) in [6, 6.07) is 2.88. The first-order valence-corrected chi connectivity index (χ1v) is 8.11. The number of hydrogen-bond donors (Lipinski definition) is 1. The largest absolute Gasteiger partial charge is 0.352 e. The lowest BCUT2D eigenvalue weighted by molar-refractivity contribution is -0.121. The van der Waals surface area contributed by atoms with Crippen molar-refractivity contribution < 1.29 is 18.4 Å². The molecule has 0 aromatic heterocycles. The number of rotatable bonds is 5. The molecule has 2 rings (SSSR count). The van der Waals surface area contributed by atoms with Crippen molar-refractivity contribution in [3.05, 3.63) is 29.8 Å². The molecular formula is C15H17F2N3O2S. The van der Waals surface area contributed by atoms with Gasteiger partial charge in [0.15, 0.2) is 5.17 Å². The summed E-state index contributed by atoms with van der Waals surface area (Å²) in [6.07, 6.45) is -0.116. The van der Waals surface area contributed by atoms with E-state index in [4.69, 9.17) is 0 Å². The van der Waals surface area contributed by atoms with Gasteiger partial charge in [0.1, 0.15) is 16.9 Å². The van der Waals surface area contributed by atoms with Gasteiger partial charge in [-0.1, -0.05) is 11.8 Å². The van der Waals surface area contributed by atoms with E-state index in [9.17, 15) is 18.4 Å². The van der Waals surface area contributed by atoms with Gasteiger partial charge in [-0.15, -0.1) is 0 Å². The Morgan fingerprint density at radius 1 is 1.35 bits per heavy atom. The Hall–Kier alpha value is -1.96. The van der Waals surface area contributed by atoms with E-state index in [0.29, 0.717) is 11.2 Å². The SMILES string of the molecule is CCN(CC)C1=NC(=O)[C@H](CC(=O)Nc2ccc(F)cc2F)S1. The quantitative estimate of drug-likeness (QED) is 0.894. The van der Waals surface area contributed by atoms with Crippen LogP contribution in [0, 0.1) is 11.6 Å². The Morgan fingerprint density at radius 2 is 2.04 bits per heavy atom. The van der Waals surface area contributed by atoms with Crippen LogP contribution >= 0.6 is 11.8 Å². The molecule has 1 aliphatic rings. The van der Waals surface area contributed by atoms with Crippen molar-refractivity contribution in [3.8, 4) is 0 Å². The van der Waals surface area contributed by atoms with Crippen LogP contribution in [0.25, 0.3) is 0 Å². The summed E-state index contributed by atoms with van der Waals surface area (Å²) < 4.78 is 26.3. The number of amides is 2. The van der Waals surface area contributed by atoms with Gasteiger partial charge in [0.25, 0.3) is 5.91 Å². The van der Waals surface area contributed by atoms with Crippen LogP contribution in [0.4, 0.5) is 14.5 Å². The fourth-order valence-electron chi connectivity index (χ4n) is 2.10. The van der Waals surface area contributed by atoms with Crippen LogP contribution in [0.15, 0.2) is 23.2 Å². The predicted molar refractivity (Wildman–Crippen MR) is 86.3 cm³/mol. The number of benzene rings is 1. The van der Waals surface area contributed by atoms with Crippen LogP contribution in [-0.2, 0) is 9.59 Å². The zero-order valence-corrected chi connectivity index (χ0v) is 13.6. The minimum atomic E-state index is -0.858. The lowest BCUT2D eigenvalue weighted by Crippen LogP contribution is -2.28. The number of carbonyl (C=O) groups excluding carboxylic acids is 2. The predicted octanol–water partition coefficient (Wildman–Crippen LogP) is 2.63. The summed E-state index contributed by atoms with van der Waals surface area (Å²) >= 11 is 1.23. The number of hydrogen-bond acceptors (Lipinski definition) is 4. The monoisotopic (exact) mass is 341 g/mol. The molecule has 0 aliphatic carbocycles. The van der Waals surface area contributed by atoms with Crippen LogP contribution < -0.4 is 5.32 Å². The molecule has 0 bridgehead atoms. The van der Waals surface area contributed by atoms with E-state index in [-0.39, 0.29) is 18.0 Å². The zero-order chi connectivity index (χ0) is 17.0. The van der Waals surface area contributed by atoms with Gasteiger partial charge in [0.05, 0.1) is 5.69 Å². The van der Waals surface area contributed by atoms with Gasteiger partial charge in [-0.05, 0) is 26.0 Å². The summed E-state index contributed by atoms with van der Waals surface area (Å²) in [5, 5.41) is 2.33. The Labute approximate surface area is 137 Å². The lowest BCUT2D eigenvalue weighted by Gasteiger charge is -2.19. The average Bonchev–Trinajstić information content (AvgIpc) is 2.84. The molecule has 124 valence electrons. The summed E-state index contributed by atoms with van der Waals surface area (Å²) in [6.45, 7) is 5.34. The number of nitrogens with one attached hydrogen (secondary N) is 1. The van der Waals surface area contributed by atoms with Crippen molar-refractivity contribution in [1.82, 2.24) is 4.90 Å². The van der Waals surface area contributed by atoms with Crippen molar-refractivity contribution in [2.24, 2.45) is 4.99 Å². The molecule has 1 aromatic rings. The van der Waals surface area contributed by atoms with E-state index in [1.54, 1.807) is 0 Å². The lowest BCUT2D eigenvalue weighted by atomic mass is 10.2. The number of amidine groups is 1. The Morgan fingerprint density at radius 3 is 2.65 bits per heavy atom. The molecule has 0 radical (unpaired) electrons. The molecule has 23 heavy (non-hydrogen) atoms. The Balaban J connectivity index is 1.95. The molecule has 1 aromatic carbocycles. The number of anilines is 1. The summed E-state index contributed by atoms with van der Waals surface area (Å²) in [7, 11) is 0. The number of carbonyl (C=O) groups is 2. The van der Waals surface area contributed by atoms with Gasteiger partial charge >= 0.3 is 0 Å². The minimum absolute atomic E-state index is 0.114. The van der Waals surface area contributed by atoms with Crippen molar-refractivity contribution in [1.29, 1.82) is 0 Å². The average molecular weight is 341 g/mol. The van der Waals surface area contributed by atoms with Crippen molar-refractivity contribution >= 4 is 34.4 Å². The van der Waals surface area contributed by atoms with Crippen molar-refractivity contribution in [2.45, 2.75) is 25.5 Å². The second-order valence-corrected chi connectivity index (χ2v) is 6.06. The summed E-state index contributed by atoms with van der Waals surface area (Å²) in [5.74, 6) is -2.47. The maximum atomic E-state index is 13.5. The normalized spacial score (nSPS) is 17.1.